The molecule has 9 heavy (non-hydrogen) atoms. The van der Waals surface area contributed by atoms with E-state index in [1.165, 1.54) is 7.11 Å². The minimum absolute atomic E-state index is 0. The zero-order valence-electron chi connectivity index (χ0n) is 4.53. The molecule has 0 radical (unpaired) electrons. The Hall–Kier alpha value is -0.120. The molecule has 0 aliphatic rings. The Bertz CT molecular complexity index is 156. The van der Waals surface area contributed by atoms with E-state index in [-0.39, 0.29) is 29.6 Å². The molecule has 1 aromatic heterocycles. The molecule has 1 heterocycles. The van der Waals surface area contributed by atoms with Gasteiger partial charge in [0.1, 0.15) is 0 Å². The summed E-state index contributed by atoms with van der Waals surface area (Å²) in [5, 5.41) is 0. The summed E-state index contributed by atoms with van der Waals surface area (Å²) in [6.07, 6.45) is 3.26. The van der Waals surface area contributed by atoms with Gasteiger partial charge in [0.25, 0.3) is 0 Å². The number of ether oxygens (including phenoxy) is 1. The Labute approximate surface area is 75.8 Å². The molecule has 1 aromatic rings. The van der Waals surface area contributed by atoms with Gasteiger partial charge in [-0.1, -0.05) is 0 Å². The van der Waals surface area contributed by atoms with Crippen LogP contribution < -0.4 is 4.74 Å². The molecule has 0 saturated heterocycles. The second-order valence-electron chi connectivity index (χ2n) is 1.24. The van der Waals surface area contributed by atoms with Gasteiger partial charge in [0, 0.05) is 12.4 Å². The predicted molar refractivity (Wildman–Crippen MR) is 35.7 cm³/mol. The monoisotopic (exact) mass is 134 g/mol. The third-order valence-corrected chi connectivity index (χ3v) is 0.725. The molecule has 4 heteroatoms. The van der Waals surface area contributed by atoms with E-state index >= 15 is 0 Å². The molecule has 0 bridgehead atoms. The van der Waals surface area contributed by atoms with Gasteiger partial charge in [0.2, 0.25) is 0 Å². The maximum atomic E-state index is 4.69. The summed E-state index contributed by atoms with van der Waals surface area (Å²) in [5.74, 6) is 0. The summed E-state index contributed by atoms with van der Waals surface area (Å²) < 4.78 is 4.69. The van der Waals surface area contributed by atoms with Crippen LogP contribution in [0.5, 0.6) is 6.01 Å². The van der Waals surface area contributed by atoms with E-state index in [2.05, 4.69) is 9.97 Å². The van der Waals surface area contributed by atoms with Gasteiger partial charge >= 0.3 is 35.6 Å². The summed E-state index contributed by atoms with van der Waals surface area (Å²) >= 11 is 0. The maximum absolute atomic E-state index is 4.69. The second kappa shape index (κ2) is 4.73. The molecule has 0 atom stereocenters. The van der Waals surface area contributed by atoms with Crippen LogP contribution in [0.25, 0.3) is 0 Å². The Morgan fingerprint density at radius 2 is 1.89 bits per heavy atom. The van der Waals surface area contributed by atoms with Crippen molar-refractivity contribution in [3.8, 4) is 6.01 Å². The molecule has 0 spiro atoms. The fourth-order valence-corrected chi connectivity index (χ4v) is 0.391. The van der Waals surface area contributed by atoms with Gasteiger partial charge < -0.3 is 4.74 Å². The van der Waals surface area contributed by atoms with E-state index in [4.69, 9.17) is 4.74 Å². The molecular weight excluding hydrogens is 127 g/mol. The van der Waals surface area contributed by atoms with E-state index in [1.54, 1.807) is 18.5 Å². The van der Waals surface area contributed by atoms with Crippen molar-refractivity contribution in [2.24, 2.45) is 0 Å². The van der Waals surface area contributed by atoms with Crippen molar-refractivity contribution in [2.45, 2.75) is 0 Å². The van der Waals surface area contributed by atoms with Crippen molar-refractivity contribution in [3.05, 3.63) is 18.5 Å². The number of hydrogen-bond acceptors (Lipinski definition) is 3. The molecule has 44 valence electrons. The van der Waals surface area contributed by atoms with Gasteiger partial charge in [-0.3, -0.25) is 0 Å². The molecule has 0 amide bonds. The number of hydrogen-bond donors (Lipinski definition) is 0. The van der Waals surface area contributed by atoms with E-state index in [0.717, 1.165) is 0 Å². The van der Waals surface area contributed by atoms with E-state index < -0.39 is 0 Å². The average molecular weight is 134 g/mol. The zero-order valence-corrected chi connectivity index (χ0v) is 4.53. The molecule has 1 rings (SSSR count). The van der Waals surface area contributed by atoms with Crippen LogP contribution in [-0.4, -0.2) is 46.6 Å². The first-order valence-electron chi connectivity index (χ1n) is 2.24. The van der Waals surface area contributed by atoms with Gasteiger partial charge in [0.05, 0.1) is 7.11 Å². The molecule has 0 fully saturated rings. The molecule has 0 aliphatic heterocycles. The normalized spacial score (nSPS) is 7.67. The molecule has 0 N–H and O–H groups in total. The first kappa shape index (κ1) is 8.88. The number of aromatic nitrogens is 2. The van der Waals surface area contributed by atoms with Crippen molar-refractivity contribution in [2.75, 3.05) is 7.11 Å². The van der Waals surface area contributed by atoms with Crippen molar-refractivity contribution in [1.29, 1.82) is 0 Å². The number of nitrogens with zero attached hydrogens (tertiary/aromatic N) is 2. The van der Waals surface area contributed by atoms with E-state index in [0.29, 0.717) is 6.01 Å². The summed E-state index contributed by atoms with van der Waals surface area (Å²) in [6.45, 7) is 0. The SMILES string of the molecule is COc1ncccn1.[NaH]. The van der Waals surface area contributed by atoms with Crippen molar-refractivity contribution < 1.29 is 4.74 Å². The van der Waals surface area contributed by atoms with Crippen LogP contribution in [0.1, 0.15) is 0 Å². The van der Waals surface area contributed by atoms with Crippen molar-refractivity contribution in [1.82, 2.24) is 9.97 Å². The second-order valence-corrected chi connectivity index (χ2v) is 1.24. The van der Waals surface area contributed by atoms with E-state index in [1.807, 2.05) is 0 Å². The minimum atomic E-state index is 0. The summed E-state index contributed by atoms with van der Waals surface area (Å²) in [5.41, 5.74) is 0. The quantitative estimate of drug-likeness (QED) is 0.500. The first-order chi connectivity index (χ1) is 3.93. The van der Waals surface area contributed by atoms with Gasteiger partial charge in [-0.05, 0) is 6.07 Å². The predicted octanol–water partition coefficient (Wildman–Crippen LogP) is -0.163. The van der Waals surface area contributed by atoms with Crippen LogP contribution in [-0.2, 0) is 0 Å². The molecule has 3 nitrogen and oxygen atoms in total. The van der Waals surface area contributed by atoms with Crippen LogP contribution in [0.4, 0.5) is 0 Å². The number of methoxy groups -OCH3 is 1. The van der Waals surface area contributed by atoms with Gasteiger partial charge in [0.15, 0.2) is 0 Å². The third kappa shape index (κ3) is 2.79. The topological polar surface area (TPSA) is 35.0 Å². The Kier molecular flexibility index (Phi) is 4.67. The molecule has 0 aliphatic carbocycles. The van der Waals surface area contributed by atoms with Gasteiger partial charge in [-0.2, -0.15) is 0 Å². The molecule has 0 saturated carbocycles. The Morgan fingerprint density at radius 1 is 1.33 bits per heavy atom. The summed E-state index contributed by atoms with van der Waals surface area (Å²) in [4.78, 5) is 7.53. The summed E-state index contributed by atoms with van der Waals surface area (Å²) in [6, 6.07) is 2.15. The van der Waals surface area contributed by atoms with Crippen LogP contribution in [0, 0.1) is 0 Å². The zero-order chi connectivity index (χ0) is 5.82. The Morgan fingerprint density at radius 3 is 2.22 bits per heavy atom. The first-order valence-corrected chi connectivity index (χ1v) is 2.24. The fourth-order valence-electron chi connectivity index (χ4n) is 0.391. The molecule has 0 aromatic carbocycles. The average Bonchev–Trinajstić information content (AvgIpc) is 1.90. The van der Waals surface area contributed by atoms with Crippen LogP contribution >= 0.6 is 0 Å². The van der Waals surface area contributed by atoms with Gasteiger partial charge in [-0.25, -0.2) is 9.97 Å². The van der Waals surface area contributed by atoms with Crippen LogP contribution in [0.3, 0.4) is 0 Å². The molecule has 0 unspecified atom stereocenters. The fraction of sp³-hybridized carbons (Fsp3) is 0.200. The standard InChI is InChI=1S/C5H6N2O.Na.H/c1-8-5-6-3-2-4-7-5;;/h2-4H,1H3;;. The Balaban J connectivity index is 0.000000640. The van der Waals surface area contributed by atoms with Crippen LogP contribution in [0.15, 0.2) is 18.5 Å². The van der Waals surface area contributed by atoms with E-state index in [9.17, 15) is 0 Å². The van der Waals surface area contributed by atoms with Crippen LogP contribution in [0.2, 0.25) is 0 Å². The van der Waals surface area contributed by atoms with Gasteiger partial charge in [-0.15, -0.1) is 0 Å². The van der Waals surface area contributed by atoms with Crippen molar-refractivity contribution >= 4 is 29.6 Å². The third-order valence-electron chi connectivity index (χ3n) is 0.725. The summed E-state index contributed by atoms with van der Waals surface area (Å²) in [7, 11) is 1.54. The van der Waals surface area contributed by atoms with Crippen molar-refractivity contribution in [3.63, 3.8) is 0 Å². The number of rotatable bonds is 1. The molecular formula is C5H7N2NaO.